The van der Waals surface area contributed by atoms with E-state index in [1.54, 1.807) is 11.0 Å². The summed E-state index contributed by atoms with van der Waals surface area (Å²) in [6.45, 7) is 2.48. The normalized spacial score (nSPS) is 28.4. The number of hydrogen-bond acceptors (Lipinski definition) is 2. The molecule has 0 aromatic heterocycles. The highest BCUT2D eigenvalue weighted by Crippen LogP contribution is 2.42. The van der Waals surface area contributed by atoms with Crippen molar-refractivity contribution in [2.45, 2.75) is 32.2 Å². The second-order valence-electron chi connectivity index (χ2n) is 5.91. The van der Waals surface area contributed by atoms with E-state index in [1.807, 2.05) is 25.1 Å². The molecule has 1 N–H and O–H groups in total. The predicted molar refractivity (Wildman–Crippen MR) is 74.5 cm³/mol. The van der Waals surface area contributed by atoms with Gasteiger partial charge < -0.3 is 10.0 Å². The third kappa shape index (κ3) is 1.99. The van der Waals surface area contributed by atoms with Crippen LogP contribution in [-0.2, 0) is 4.79 Å². The molecular formula is C16H19NO3. The molecule has 2 fully saturated rings. The highest BCUT2D eigenvalue weighted by molar-refractivity contribution is 5.98. The van der Waals surface area contributed by atoms with Crippen LogP contribution in [0, 0.1) is 18.8 Å². The van der Waals surface area contributed by atoms with Crippen LogP contribution in [0.3, 0.4) is 0 Å². The average molecular weight is 273 g/mol. The molecular weight excluding hydrogens is 254 g/mol. The minimum absolute atomic E-state index is 0.134. The Kier molecular flexibility index (Phi) is 3.24. The van der Waals surface area contributed by atoms with Crippen LogP contribution in [0.15, 0.2) is 24.3 Å². The zero-order valence-electron chi connectivity index (χ0n) is 11.6. The number of amides is 1. The third-order valence-corrected chi connectivity index (χ3v) is 4.78. The minimum atomic E-state index is -0.860. The number of carbonyl (C=O) groups excluding carboxylic acids is 1. The fourth-order valence-corrected chi connectivity index (χ4v) is 3.80. The maximum atomic E-state index is 12.7. The van der Waals surface area contributed by atoms with Crippen molar-refractivity contribution in [1.82, 2.24) is 4.90 Å². The first-order chi connectivity index (χ1) is 9.59. The van der Waals surface area contributed by atoms with Crippen molar-refractivity contribution < 1.29 is 14.7 Å². The summed E-state index contributed by atoms with van der Waals surface area (Å²) in [6, 6.07) is 6.74. The van der Waals surface area contributed by atoms with Gasteiger partial charge in [0.25, 0.3) is 5.91 Å². The smallest absolute Gasteiger partial charge is 0.326 e. The Balaban J connectivity index is 1.91. The number of carbonyl (C=O) groups is 2. The van der Waals surface area contributed by atoms with E-state index in [4.69, 9.17) is 0 Å². The second-order valence-corrected chi connectivity index (χ2v) is 5.91. The van der Waals surface area contributed by atoms with Crippen molar-refractivity contribution >= 4 is 11.9 Å². The highest BCUT2D eigenvalue weighted by Gasteiger charge is 2.49. The Morgan fingerprint density at radius 1 is 1.25 bits per heavy atom. The molecule has 3 atom stereocenters. The molecule has 3 unspecified atom stereocenters. The largest absolute Gasteiger partial charge is 0.480 e. The number of likely N-dealkylation sites (tertiary alicyclic amines) is 1. The summed E-state index contributed by atoms with van der Waals surface area (Å²) < 4.78 is 0. The molecule has 1 saturated carbocycles. The van der Waals surface area contributed by atoms with E-state index in [-0.39, 0.29) is 11.8 Å². The lowest BCUT2D eigenvalue weighted by Crippen LogP contribution is -2.43. The number of nitrogens with zero attached hydrogens (tertiary/aromatic N) is 1. The molecule has 4 nitrogen and oxygen atoms in total. The summed E-state index contributed by atoms with van der Waals surface area (Å²) in [5.41, 5.74) is 1.53. The maximum absolute atomic E-state index is 12.7. The van der Waals surface area contributed by atoms with Gasteiger partial charge in [-0.3, -0.25) is 4.79 Å². The van der Waals surface area contributed by atoms with E-state index in [0.29, 0.717) is 18.0 Å². The van der Waals surface area contributed by atoms with Gasteiger partial charge in [0.15, 0.2) is 0 Å². The molecule has 1 aliphatic heterocycles. The molecule has 0 radical (unpaired) electrons. The first-order valence-electron chi connectivity index (χ1n) is 7.19. The summed E-state index contributed by atoms with van der Waals surface area (Å²) >= 11 is 0. The van der Waals surface area contributed by atoms with Crippen LogP contribution in [0.25, 0.3) is 0 Å². The van der Waals surface area contributed by atoms with Gasteiger partial charge in [-0.2, -0.15) is 0 Å². The minimum Gasteiger partial charge on any atom is -0.480 e. The van der Waals surface area contributed by atoms with Crippen molar-refractivity contribution in [3.8, 4) is 0 Å². The fraction of sp³-hybridized carbons (Fsp3) is 0.500. The topological polar surface area (TPSA) is 57.6 Å². The maximum Gasteiger partial charge on any atom is 0.326 e. The van der Waals surface area contributed by atoms with E-state index in [9.17, 15) is 14.7 Å². The van der Waals surface area contributed by atoms with Gasteiger partial charge in [-0.15, -0.1) is 0 Å². The van der Waals surface area contributed by atoms with Crippen LogP contribution < -0.4 is 0 Å². The van der Waals surface area contributed by atoms with E-state index in [2.05, 4.69) is 0 Å². The number of fused-ring (bicyclic) bond motifs is 1. The summed E-state index contributed by atoms with van der Waals surface area (Å²) in [4.78, 5) is 25.8. The van der Waals surface area contributed by atoms with Gasteiger partial charge >= 0.3 is 5.97 Å². The van der Waals surface area contributed by atoms with Crippen LogP contribution in [-0.4, -0.2) is 34.5 Å². The van der Waals surface area contributed by atoms with Crippen molar-refractivity contribution in [3.63, 3.8) is 0 Å². The van der Waals surface area contributed by atoms with Crippen LogP contribution in [0.1, 0.15) is 35.2 Å². The van der Waals surface area contributed by atoms with Crippen molar-refractivity contribution in [1.29, 1.82) is 0 Å². The molecule has 1 aromatic carbocycles. The number of carboxylic acid groups (broad SMARTS) is 1. The van der Waals surface area contributed by atoms with E-state index >= 15 is 0 Å². The number of carboxylic acids is 1. The molecule has 106 valence electrons. The molecule has 1 saturated heterocycles. The lowest BCUT2D eigenvalue weighted by Gasteiger charge is -2.25. The summed E-state index contributed by atoms with van der Waals surface area (Å²) in [7, 11) is 0. The van der Waals surface area contributed by atoms with Crippen LogP contribution in [0.5, 0.6) is 0 Å². The predicted octanol–water partition coefficient (Wildman–Crippen LogP) is 2.32. The standard InChI is InChI=1S/C16H19NO3/c1-10-5-2-3-7-12(10)15(18)17-9-11-6-4-8-13(11)14(17)16(19)20/h2-3,5,7,11,13-14H,4,6,8-9H2,1H3,(H,19,20). The number of aryl methyl sites for hydroxylation is 1. The van der Waals surface area contributed by atoms with Crippen LogP contribution >= 0.6 is 0 Å². The van der Waals surface area contributed by atoms with Gasteiger partial charge in [-0.05, 0) is 43.2 Å². The van der Waals surface area contributed by atoms with Gasteiger partial charge in [-0.25, -0.2) is 4.79 Å². The SMILES string of the molecule is Cc1ccccc1C(=O)N1CC2CCCC2C1C(=O)O. The first kappa shape index (κ1) is 13.2. The van der Waals surface area contributed by atoms with Crippen molar-refractivity contribution in [2.24, 2.45) is 11.8 Å². The summed E-state index contributed by atoms with van der Waals surface area (Å²) in [5.74, 6) is -0.490. The van der Waals surface area contributed by atoms with E-state index < -0.39 is 12.0 Å². The Hall–Kier alpha value is -1.84. The van der Waals surface area contributed by atoms with Crippen molar-refractivity contribution in [2.75, 3.05) is 6.54 Å². The molecule has 4 heteroatoms. The Morgan fingerprint density at radius 2 is 2.00 bits per heavy atom. The van der Waals surface area contributed by atoms with Crippen molar-refractivity contribution in [3.05, 3.63) is 35.4 Å². The summed E-state index contributed by atoms with van der Waals surface area (Å²) in [5, 5.41) is 9.50. The number of aliphatic carboxylic acids is 1. The molecule has 1 aromatic rings. The van der Waals surface area contributed by atoms with Crippen LogP contribution in [0.4, 0.5) is 0 Å². The molecule has 20 heavy (non-hydrogen) atoms. The number of benzene rings is 1. The molecule has 2 aliphatic rings. The Labute approximate surface area is 118 Å². The Bertz CT molecular complexity index is 554. The van der Waals surface area contributed by atoms with Gasteiger partial charge in [0.05, 0.1) is 0 Å². The van der Waals surface area contributed by atoms with Gasteiger partial charge in [-0.1, -0.05) is 24.6 Å². The van der Waals surface area contributed by atoms with E-state index in [0.717, 1.165) is 24.8 Å². The van der Waals surface area contributed by atoms with Gasteiger partial charge in [0.2, 0.25) is 0 Å². The molecule has 1 amide bonds. The zero-order valence-corrected chi connectivity index (χ0v) is 11.6. The number of hydrogen-bond donors (Lipinski definition) is 1. The summed E-state index contributed by atoms with van der Waals surface area (Å²) in [6.07, 6.45) is 3.07. The molecule has 0 spiro atoms. The first-order valence-corrected chi connectivity index (χ1v) is 7.19. The third-order valence-electron chi connectivity index (χ3n) is 4.78. The number of rotatable bonds is 2. The molecule has 1 aliphatic carbocycles. The zero-order chi connectivity index (χ0) is 14.3. The molecule has 1 heterocycles. The van der Waals surface area contributed by atoms with Crippen LogP contribution in [0.2, 0.25) is 0 Å². The van der Waals surface area contributed by atoms with Gasteiger partial charge in [0, 0.05) is 12.1 Å². The second kappa shape index (κ2) is 4.93. The van der Waals surface area contributed by atoms with E-state index in [1.165, 1.54) is 0 Å². The Morgan fingerprint density at radius 3 is 2.70 bits per heavy atom. The average Bonchev–Trinajstić information content (AvgIpc) is 2.97. The molecule has 3 rings (SSSR count). The quantitative estimate of drug-likeness (QED) is 0.899. The highest BCUT2D eigenvalue weighted by atomic mass is 16.4. The van der Waals surface area contributed by atoms with Gasteiger partial charge in [0.1, 0.15) is 6.04 Å². The lowest BCUT2D eigenvalue weighted by atomic mass is 9.94. The molecule has 0 bridgehead atoms. The lowest BCUT2D eigenvalue weighted by molar-refractivity contribution is -0.142. The monoisotopic (exact) mass is 273 g/mol. The fourth-order valence-electron chi connectivity index (χ4n) is 3.80.